The molecule has 1 aliphatic heterocycles. The van der Waals surface area contributed by atoms with E-state index in [9.17, 15) is 13.5 Å². The van der Waals surface area contributed by atoms with Crippen LogP contribution in [0.15, 0.2) is 6.33 Å². The average molecular weight is 441 g/mol. The van der Waals surface area contributed by atoms with E-state index in [-0.39, 0.29) is 12.1 Å². The molecule has 0 spiro atoms. The van der Waals surface area contributed by atoms with E-state index in [1.54, 1.807) is 20.2 Å². The van der Waals surface area contributed by atoms with Crippen LogP contribution in [0.4, 0.5) is 11.8 Å². The molecule has 0 saturated carbocycles. The van der Waals surface area contributed by atoms with Crippen molar-refractivity contribution in [1.82, 2.24) is 28.5 Å². The number of imidazole rings is 1. The second-order valence-electron chi connectivity index (χ2n) is 7.49. The molecule has 0 radical (unpaired) electrons. The van der Waals surface area contributed by atoms with Gasteiger partial charge in [-0.25, -0.2) is 9.71 Å². The number of anilines is 2. The van der Waals surface area contributed by atoms with Crippen LogP contribution in [0.5, 0.6) is 0 Å². The smallest absolute Gasteiger partial charge is 0.279 e. The summed E-state index contributed by atoms with van der Waals surface area (Å²) in [5.41, 5.74) is 1.33. The van der Waals surface area contributed by atoms with Gasteiger partial charge in [-0.15, -0.1) is 0 Å². The Balaban J connectivity index is 1.87. The highest BCUT2D eigenvalue weighted by Crippen LogP contribution is 2.25. The van der Waals surface area contributed by atoms with E-state index < -0.39 is 16.3 Å². The van der Waals surface area contributed by atoms with Gasteiger partial charge in [0.2, 0.25) is 5.95 Å². The monoisotopic (exact) mass is 440 g/mol. The van der Waals surface area contributed by atoms with Gasteiger partial charge >= 0.3 is 0 Å². The average Bonchev–Trinajstić information content (AvgIpc) is 3.33. The molecule has 0 bridgehead atoms. The van der Waals surface area contributed by atoms with Gasteiger partial charge in [0.15, 0.2) is 17.0 Å². The Kier molecular flexibility index (Phi) is 7.11. The number of fused-ring (bicyclic) bond motifs is 1. The molecule has 30 heavy (non-hydrogen) atoms. The lowest BCUT2D eigenvalue weighted by Gasteiger charge is -2.21. The lowest BCUT2D eigenvalue weighted by atomic mass is 10.1. The Morgan fingerprint density at radius 2 is 2.07 bits per heavy atom. The van der Waals surface area contributed by atoms with Gasteiger partial charge in [0.25, 0.3) is 10.2 Å². The first-order valence-corrected chi connectivity index (χ1v) is 11.9. The second-order valence-corrected chi connectivity index (χ2v) is 9.24. The van der Waals surface area contributed by atoms with Crippen molar-refractivity contribution in [1.29, 1.82) is 0 Å². The van der Waals surface area contributed by atoms with Crippen LogP contribution in [0, 0.1) is 0 Å². The maximum Gasteiger partial charge on any atom is 0.279 e. The highest BCUT2D eigenvalue weighted by Gasteiger charge is 2.31. The summed E-state index contributed by atoms with van der Waals surface area (Å²) in [4.78, 5) is 13.7. The maximum absolute atomic E-state index is 12.3. The summed E-state index contributed by atoms with van der Waals surface area (Å²) in [5, 5.41) is 16.5. The minimum absolute atomic E-state index is 0.0881. The van der Waals surface area contributed by atoms with Crippen LogP contribution >= 0.6 is 0 Å². The number of hydrogen-bond acceptors (Lipinski definition) is 8. The molecule has 2 aromatic rings. The van der Waals surface area contributed by atoms with Crippen molar-refractivity contribution < 1.29 is 13.5 Å². The van der Waals surface area contributed by atoms with Gasteiger partial charge in [-0.2, -0.15) is 22.7 Å². The van der Waals surface area contributed by atoms with Crippen molar-refractivity contribution >= 4 is 33.1 Å². The van der Waals surface area contributed by atoms with Crippen LogP contribution in [-0.4, -0.2) is 75.2 Å². The minimum atomic E-state index is -3.46. The molecule has 168 valence electrons. The van der Waals surface area contributed by atoms with E-state index in [2.05, 4.69) is 30.3 Å². The van der Waals surface area contributed by atoms with Gasteiger partial charge in [0.05, 0.1) is 18.5 Å². The number of aliphatic hydroxyl groups is 1. The Hall–Kier alpha value is -2.02. The van der Waals surface area contributed by atoms with Gasteiger partial charge in [-0.3, -0.25) is 0 Å². The van der Waals surface area contributed by atoms with Gasteiger partial charge < -0.3 is 20.3 Å². The Morgan fingerprint density at radius 3 is 2.70 bits per heavy atom. The second kappa shape index (κ2) is 9.41. The third kappa shape index (κ3) is 4.82. The fourth-order valence-corrected chi connectivity index (χ4v) is 4.87. The molecule has 3 rings (SSSR count). The predicted molar refractivity (Wildman–Crippen MR) is 117 cm³/mol. The largest absolute Gasteiger partial charge is 0.391 e. The molecule has 1 saturated heterocycles. The summed E-state index contributed by atoms with van der Waals surface area (Å²) in [5.74, 6) is 0.964. The van der Waals surface area contributed by atoms with Gasteiger partial charge in [-0.05, 0) is 26.7 Å². The van der Waals surface area contributed by atoms with Crippen molar-refractivity contribution in [2.45, 2.75) is 65.3 Å². The number of nitrogens with one attached hydrogen (secondary N) is 3. The van der Waals surface area contributed by atoms with Crippen molar-refractivity contribution in [3.63, 3.8) is 0 Å². The highest BCUT2D eigenvalue weighted by atomic mass is 32.2. The summed E-state index contributed by atoms with van der Waals surface area (Å²) in [6.45, 7) is 9.33. The summed E-state index contributed by atoms with van der Waals surface area (Å²) in [6.07, 6.45) is 2.55. The number of rotatable bonds is 10. The molecule has 11 nitrogen and oxygen atoms in total. The zero-order valence-corrected chi connectivity index (χ0v) is 18.8. The van der Waals surface area contributed by atoms with E-state index in [4.69, 9.17) is 0 Å². The van der Waals surface area contributed by atoms with Gasteiger partial charge in [0.1, 0.15) is 0 Å². The predicted octanol–water partition coefficient (Wildman–Crippen LogP) is 0.758. The van der Waals surface area contributed by atoms with Crippen molar-refractivity contribution in [2.24, 2.45) is 0 Å². The highest BCUT2D eigenvalue weighted by molar-refractivity contribution is 7.87. The molecule has 3 atom stereocenters. The Labute approximate surface area is 177 Å². The Morgan fingerprint density at radius 1 is 1.30 bits per heavy atom. The topological polar surface area (TPSA) is 137 Å². The van der Waals surface area contributed by atoms with Crippen molar-refractivity contribution in [3.8, 4) is 0 Å². The minimum Gasteiger partial charge on any atom is -0.391 e. The molecule has 4 N–H and O–H groups in total. The molecule has 1 unspecified atom stereocenters. The van der Waals surface area contributed by atoms with E-state index in [1.165, 1.54) is 4.31 Å². The molecule has 1 fully saturated rings. The van der Waals surface area contributed by atoms with Crippen LogP contribution in [0.25, 0.3) is 11.2 Å². The zero-order valence-electron chi connectivity index (χ0n) is 18.0. The van der Waals surface area contributed by atoms with Gasteiger partial charge in [-0.1, -0.05) is 13.8 Å². The molecule has 2 aromatic heterocycles. The zero-order chi connectivity index (χ0) is 21.9. The summed E-state index contributed by atoms with van der Waals surface area (Å²) in [7, 11) is -3.46. The number of hydrogen-bond donors (Lipinski definition) is 4. The third-order valence-corrected chi connectivity index (χ3v) is 6.96. The SMILES string of the molecule is CCNS(=O)(=O)N1CCC(Nc2nc(N[C@@H](CC)[C@H](C)O)nc3c2ncn3CC)C1. The van der Waals surface area contributed by atoms with E-state index >= 15 is 0 Å². The molecule has 0 aromatic carbocycles. The fourth-order valence-electron chi connectivity index (χ4n) is 3.60. The quantitative estimate of drug-likeness (QED) is 0.425. The van der Waals surface area contributed by atoms with Crippen molar-refractivity contribution in [3.05, 3.63) is 6.33 Å². The molecular weight excluding hydrogens is 408 g/mol. The number of nitrogens with zero attached hydrogens (tertiary/aromatic N) is 5. The standard InChI is InChI=1S/C18H32N8O3S/c1-5-14(12(4)27)22-18-23-16(15-17(24-18)25(7-3)11-19-15)21-13-8-9-26(10-13)30(28,29)20-6-2/h11-14,20,27H,5-10H2,1-4H3,(H2,21,22,23,24)/t12-,13?,14-/m0/s1. The first-order valence-electron chi connectivity index (χ1n) is 10.5. The number of aliphatic hydroxyl groups excluding tert-OH is 1. The van der Waals surface area contributed by atoms with Crippen LogP contribution in [-0.2, 0) is 16.8 Å². The molecular formula is C18H32N8O3S. The fraction of sp³-hybridized carbons (Fsp3) is 0.722. The lowest BCUT2D eigenvalue weighted by molar-refractivity contribution is 0.169. The van der Waals surface area contributed by atoms with Crippen LogP contribution in [0.3, 0.4) is 0 Å². The molecule has 12 heteroatoms. The van der Waals surface area contributed by atoms with E-state index in [1.807, 2.05) is 18.4 Å². The van der Waals surface area contributed by atoms with Crippen LogP contribution in [0.1, 0.15) is 40.5 Å². The third-order valence-electron chi connectivity index (χ3n) is 5.30. The first kappa shape index (κ1) is 22.7. The van der Waals surface area contributed by atoms with Crippen LogP contribution < -0.4 is 15.4 Å². The maximum atomic E-state index is 12.3. The molecule has 0 aliphatic carbocycles. The summed E-state index contributed by atoms with van der Waals surface area (Å²) < 4.78 is 30.4. The molecule has 1 aliphatic rings. The van der Waals surface area contributed by atoms with Gasteiger partial charge in [0, 0.05) is 32.2 Å². The number of aryl methyl sites for hydroxylation is 1. The normalized spacial score (nSPS) is 19.8. The first-order chi connectivity index (χ1) is 14.3. The van der Waals surface area contributed by atoms with E-state index in [0.717, 1.165) is 6.42 Å². The van der Waals surface area contributed by atoms with E-state index in [0.29, 0.717) is 55.5 Å². The molecule has 3 heterocycles. The van der Waals surface area contributed by atoms with Crippen LogP contribution in [0.2, 0.25) is 0 Å². The number of aromatic nitrogens is 4. The summed E-state index contributed by atoms with van der Waals surface area (Å²) in [6, 6.07) is -0.268. The Bertz CT molecular complexity index is 962. The summed E-state index contributed by atoms with van der Waals surface area (Å²) >= 11 is 0. The molecule has 0 amide bonds. The lowest BCUT2D eigenvalue weighted by Crippen LogP contribution is -2.40. The van der Waals surface area contributed by atoms with Crippen molar-refractivity contribution in [2.75, 3.05) is 30.3 Å².